The molecule has 0 saturated carbocycles. The summed E-state index contributed by atoms with van der Waals surface area (Å²) in [6, 6.07) is 10.2. The monoisotopic (exact) mass is 435 g/mol. The van der Waals surface area contributed by atoms with Crippen molar-refractivity contribution in [3.05, 3.63) is 42.9 Å². The van der Waals surface area contributed by atoms with Gasteiger partial charge < -0.3 is 30.2 Å². The predicted octanol–water partition coefficient (Wildman–Crippen LogP) is 1.99. The molecule has 2 aromatic heterocycles. The summed E-state index contributed by atoms with van der Waals surface area (Å²) in [6.07, 6.45) is 5.45. The Morgan fingerprint density at radius 3 is 2.91 bits per heavy atom. The van der Waals surface area contributed by atoms with Gasteiger partial charge in [-0.15, -0.1) is 0 Å². The molecule has 0 spiro atoms. The molecule has 4 heterocycles. The van der Waals surface area contributed by atoms with Gasteiger partial charge in [-0.05, 0) is 31.0 Å². The van der Waals surface area contributed by atoms with E-state index >= 15 is 0 Å². The zero-order chi connectivity index (χ0) is 21.8. The normalized spacial score (nSPS) is 19.2. The summed E-state index contributed by atoms with van der Waals surface area (Å²) in [5, 5.41) is 7.55. The fourth-order valence-electron chi connectivity index (χ4n) is 4.56. The molecule has 0 radical (unpaired) electrons. The maximum absolute atomic E-state index is 12.7. The Bertz CT molecular complexity index is 1060. The van der Waals surface area contributed by atoms with Crippen molar-refractivity contribution in [2.24, 2.45) is 0 Å². The van der Waals surface area contributed by atoms with E-state index in [1.54, 1.807) is 6.33 Å². The molecule has 5 rings (SSSR count). The van der Waals surface area contributed by atoms with E-state index in [-0.39, 0.29) is 18.5 Å². The molecular formula is C23H29N7O2. The predicted molar refractivity (Wildman–Crippen MR) is 125 cm³/mol. The number of morpholine rings is 1. The number of rotatable bonds is 6. The van der Waals surface area contributed by atoms with E-state index in [4.69, 9.17) is 4.74 Å². The Hall–Kier alpha value is -3.33. The van der Waals surface area contributed by atoms with E-state index < -0.39 is 0 Å². The standard InChI is InChI=1S/C23H29N7O2/c31-21(14-25-19-5-1-2-6-20(19)29-10-12-32-13-11-29)28-17-4-3-9-30(15-17)23-18-7-8-24-22(18)26-16-27-23/h1-2,5-8,16-17,25H,3-4,9-15H2,(H,28,31)(H,24,26,27)/t17-/m1/s1. The summed E-state index contributed by atoms with van der Waals surface area (Å²) in [4.78, 5) is 29.2. The van der Waals surface area contributed by atoms with E-state index in [2.05, 4.69) is 41.5 Å². The number of fused-ring (bicyclic) bond motifs is 1. The van der Waals surface area contributed by atoms with Gasteiger partial charge in [-0.25, -0.2) is 9.97 Å². The highest BCUT2D eigenvalue weighted by Crippen LogP contribution is 2.27. The number of carbonyl (C=O) groups is 1. The first kappa shape index (κ1) is 20.6. The first-order valence-corrected chi connectivity index (χ1v) is 11.3. The molecule has 3 N–H and O–H groups in total. The Morgan fingerprint density at radius 2 is 2.00 bits per heavy atom. The lowest BCUT2D eigenvalue weighted by Gasteiger charge is -2.34. The van der Waals surface area contributed by atoms with Crippen LogP contribution >= 0.6 is 0 Å². The molecule has 1 atom stereocenters. The first-order valence-electron chi connectivity index (χ1n) is 11.3. The molecule has 2 saturated heterocycles. The van der Waals surface area contributed by atoms with Gasteiger partial charge in [-0.3, -0.25) is 4.79 Å². The molecule has 0 unspecified atom stereocenters. The number of piperidine rings is 1. The summed E-state index contributed by atoms with van der Waals surface area (Å²) in [7, 11) is 0. The number of nitrogens with one attached hydrogen (secondary N) is 3. The molecule has 32 heavy (non-hydrogen) atoms. The minimum atomic E-state index is 0.00288. The minimum absolute atomic E-state index is 0.00288. The van der Waals surface area contributed by atoms with Gasteiger partial charge >= 0.3 is 0 Å². The molecule has 168 valence electrons. The lowest BCUT2D eigenvalue weighted by atomic mass is 10.1. The third kappa shape index (κ3) is 4.47. The Labute approximate surface area is 187 Å². The molecule has 2 aliphatic rings. The third-order valence-electron chi connectivity index (χ3n) is 6.11. The van der Waals surface area contributed by atoms with Crippen LogP contribution in [0.15, 0.2) is 42.9 Å². The topological polar surface area (TPSA) is 98.4 Å². The van der Waals surface area contributed by atoms with E-state index in [1.807, 2.05) is 30.5 Å². The van der Waals surface area contributed by atoms with Gasteiger partial charge in [0.2, 0.25) is 5.91 Å². The van der Waals surface area contributed by atoms with E-state index in [9.17, 15) is 4.79 Å². The smallest absolute Gasteiger partial charge is 0.239 e. The van der Waals surface area contributed by atoms with Crippen molar-refractivity contribution in [3.8, 4) is 0 Å². The lowest BCUT2D eigenvalue weighted by Crippen LogP contribution is -2.49. The van der Waals surface area contributed by atoms with Crippen LogP contribution in [0.5, 0.6) is 0 Å². The number of aromatic nitrogens is 3. The van der Waals surface area contributed by atoms with Crippen LogP contribution in [0.1, 0.15) is 12.8 Å². The zero-order valence-corrected chi connectivity index (χ0v) is 18.1. The van der Waals surface area contributed by atoms with Crippen LogP contribution in [0.3, 0.4) is 0 Å². The van der Waals surface area contributed by atoms with Crippen LogP contribution in [-0.2, 0) is 9.53 Å². The maximum Gasteiger partial charge on any atom is 0.239 e. The minimum Gasteiger partial charge on any atom is -0.378 e. The maximum atomic E-state index is 12.7. The number of para-hydroxylation sites is 2. The number of amides is 1. The fraction of sp³-hybridized carbons (Fsp3) is 0.435. The second-order valence-corrected chi connectivity index (χ2v) is 8.26. The van der Waals surface area contributed by atoms with Crippen LogP contribution in [-0.4, -0.2) is 72.8 Å². The van der Waals surface area contributed by atoms with Crippen molar-refractivity contribution < 1.29 is 9.53 Å². The van der Waals surface area contributed by atoms with Crippen molar-refractivity contribution in [3.63, 3.8) is 0 Å². The van der Waals surface area contributed by atoms with Gasteiger partial charge in [0.05, 0.1) is 36.5 Å². The summed E-state index contributed by atoms with van der Waals surface area (Å²) in [5.74, 6) is 0.927. The summed E-state index contributed by atoms with van der Waals surface area (Å²) >= 11 is 0. The molecule has 1 aromatic carbocycles. The number of hydrogen-bond acceptors (Lipinski definition) is 7. The number of hydrogen-bond donors (Lipinski definition) is 3. The highest BCUT2D eigenvalue weighted by atomic mass is 16.5. The fourth-order valence-corrected chi connectivity index (χ4v) is 4.56. The number of ether oxygens (including phenoxy) is 1. The molecule has 1 amide bonds. The van der Waals surface area contributed by atoms with Gasteiger partial charge in [-0.2, -0.15) is 0 Å². The summed E-state index contributed by atoms with van der Waals surface area (Å²) < 4.78 is 5.46. The highest BCUT2D eigenvalue weighted by molar-refractivity contribution is 5.87. The van der Waals surface area contributed by atoms with E-state index in [1.165, 1.54) is 0 Å². The largest absolute Gasteiger partial charge is 0.378 e. The van der Waals surface area contributed by atoms with E-state index in [0.29, 0.717) is 0 Å². The highest BCUT2D eigenvalue weighted by Gasteiger charge is 2.24. The number of carbonyl (C=O) groups excluding carboxylic acids is 1. The number of benzene rings is 1. The molecule has 3 aromatic rings. The SMILES string of the molecule is O=C(CNc1ccccc1N1CCOCC1)N[C@@H]1CCCN(c2ncnc3[nH]ccc23)C1. The zero-order valence-electron chi connectivity index (χ0n) is 18.1. The van der Waals surface area contributed by atoms with Gasteiger partial charge in [0.15, 0.2) is 0 Å². The number of anilines is 3. The average Bonchev–Trinajstić information content (AvgIpc) is 3.33. The van der Waals surface area contributed by atoms with Crippen molar-refractivity contribution in [2.75, 3.05) is 61.1 Å². The number of aromatic amines is 1. The second kappa shape index (κ2) is 9.44. The van der Waals surface area contributed by atoms with Crippen LogP contribution in [0, 0.1) is 0 Å². The van der Waals surface area contributed by atoms with Crippen LogP contribution in [0.4, 0.5) is 17.2 Å². The summed E-state index contributed by atoms with van der Waals surface area (Å²) in [5.41, 5.74) is 2.93. The second-order valence-electron chi connectivity index (χ2n) is 8.26. The van der Waals surface area contributed by atoms with Crippen molar-refractivity contribution in [1.82, 2.24) is 20.3 Å². The molecule has 9 nitrogen and oxygen atoms in total. The quantitative estimate of drug-likeness (QED) is 0.545. The van der Waals surface area contributed by atoms with Gasteiger partial charge in [0, 0.05) is 38.4 Å². The molecule has 2 aliphatic heterocycles. The Kier molecular flexibility index (Phi) is 6.06. The van der Waals surface area contributed by atoms with Gasteiger partial charge in [-0.1, -0.05) is 12.1 Å². The Morgan fingerprint density at radius 1 is 1.12 bits per heavy atom. The number of H-pyrrole nitrogens is 1. The van der Waals surface area contributed by atoms with Crippen LogP contribution < -0.4 is 20.4 Å². The average molecular weight is 436 g/mol. The van der Waals surface area contributed by atoms with Crippen molar-refractivity contribution >= 4 is 34.1 Å². The van der Waals surface area contributed by atoms with Gasteiger partial charge in [0.25, 0.3) is 0 Å². The first-order chi connectivity index (χ1) is 15.8. The Balaban J connectivity index is 1.18. The molecule has 9 heteroatoms. The van der Waals surface area contributed by atoms with Crippen molar-refractivity contribution in [1.29, 1.82) is 0 Å². The number of nitrogens with zero attached hydrogens (tertiary/aromatic N) is 4. The molecular weight excluding hydrogens is 406 g/mol. The van der Waals surface area contributed by atoms with Gasteiger partial charge in [0.1, 0.15) is 17.8 Å². The van der Waals surface area contributed by atoms with E-state index in [0.717, 1.165) is 80.5 Å². The van der Waals surface area contributed by atoms with Crippen LogP contribution in [0.2, 0.25) is 0 Å². The third-order valence-corrected chi connectivity index (χ3v) is 6.11. The lowest BCUT2D eigenvalue weighted by molar-refractivity contribution is -0.120. The van der Waals surface area contributed by atoms with Crippen molar-refractivity contribution in [2.45, 2.75) is 18.9 Å². The molecule has 0 bridgehead atoms. The summed E-state index contributed by atoms with van der Waals surface area (Å²) in [6.45, 7) is 5.10. The van der Waals surface area contributed by atoms with Crippen LogP contribution in [0.25, 0.3) is 11.0 Å². The molecule has 0 aliphatic carbocycles. The molecule has 2 fully saturated rings.